The highest BCUT2D eigenvalue weighted by Crippen LogP contribution is 2.66. The highest BCUT2D eigenvalue weighted by molar-refractivity contribution is 9.09. The van der Waals surface area contributed by atoms with Crippen LogP contribution in [0.15, 0.2) is 72.3 Å². The number of hydrogen-bond donors (Lipinski definition) is 0. The number of alkyl halides is 1. The lowest BCUT2D eigenvalue weighted by Gasteiger charge is -2.59. The molecule has 0 aliphatic heterocycles. The molecule has 0 amide bonds. The van der Waals surface area contributed by atoms with E-state index < -0.39 is 0 Å². The summed E-state index contributed by atoms with van der Waals surface area (Å²) in [5.74, 6) is 1.20. The summed E-state index contributed by atoms with van der Waals surface area (Å²) >= 11 is 4.10. The molecular formula is C33H37BrO4. The number of carbonyl (C=O) groups is 2. The summed E-state index contributed by atoms with van der Waals surface area (Å²) < 4.78 is 12.2. The second kappa shape index (κ2) is 9.97. The average molecular weight is 578 g/mol. The van der Waals surface area contributed by atoms with Gasteiger partial charge in [0.2, 0.25) is 0 Å². The van der Waals surface area contributed by atoms with Gasteiger partial charge in [-0.05, 0) is 86.0 Å². The third-order valence-corrected chi connectivity index (χ3v) is 11.4. The van der Waals surface area contributed by atoms with Crippen LogP contribution in [0, 0.1) is 28.6 Å². The van der Waals surface area contributed by atoms with Gasteiger partial charge in [0.05, 0.1) is 11.1 Å². The number of rotatable bonds is 4. The van der Waals surface area contributed by atoms with Crippen LogP contribution in [-0.4, -0.2) is 29.0 Å². The zero-order chi connectivity index (χ0) is 26.5. The lowest BCUT2D eigenvalue weighted by Crippen LogP contribution is -2.54. The highest BCUT2D eigenvalue weighted by atomic mass is 79.9. The summed E-state index contributed by atoms with van der Waals surface area (Å²) in [5, 5.41) is 0. The van der Waals surface area contributed by atoms with Crippen LogP contribution in [0.3, 0.4) is 0 Å². The SMILES string of the molecule is C[C@]12CC[C@H](OC(=O)c3ccccc3)CC1=CC(Br)C1C2CC[C@@]2(C)C1CC[C@@H]2OC(=O)c1ccccc1. The van der Waals surface area contributed by atoms with Crippen molar-refractivity contribution in [3.8, 4) is 0 Å². The number of fused-ring (bicyclic) bond motifs is 5. The van der Waals surface area contributed by atoms with E-state index in [-0.39, 0.29) is 39.8 Å². The first-order chi connectivity index (χ1) is 18.3. The van der Waals surface area contributed by atoms with Crippen LogP contribution >= 0.6 is 15.9 Å². The lowest BCUT2D eigenvalue weighted by molar-refractivity contribution is -0.0766. The summed E-state index contributed by atoms with van der Waals surface area (Å²) in [6.07, 6.45) is 9.37. The molecule has 0 N–H and O–H groups in total. The zero-order valence-corrected chi connectivity index (χ0v) is 23.9. The zero-order valence-electron chi connectivity index (χ0n) is 22.3. The summed E-state index contributed by atoms with van der Waals surface area (Å²) in [7, 11) is 0. The Labute approximate surface area is 234 Å². The van der Waals surface area contributed by atoms with E-state index in [1.54, 1.807) is 0 Å². The largest absolute Gasteiger partial charge is 0.458 e. The molecule has 3 saturated carbocycles. The van der Waals surface area contributed by atoms with Gasteiger partial charge in [0, 0.05) is 16.7 Å². The third-order valence-electron chi connectivity index (χ3n) is 10.5. The van der Waals surface area contributed by atoms with E-state index in [1.165, 1.54) is 5.57 Å². The van der Waals surface area contributed by atoms with Gasteiger partial charge in [0.25, 0.3) is 0 Å². The van der Waals surface area contributed by atoms with Gasteiger partial charge in [0.15, 0.2) is 0 Å². The average Bonchev–Trinajstić information content (AvgIpc) is 3.26. The molecule has 4 nitrogen and oxygen atoms in total. The molecule has 6 rings (SSSR count). The monoisotopic (exact) mass is 576 g/mol. The fraction of sp³-hybridized carbons (Fsp3) is 0.515. The minimum Gasteiger partial charge on any atom is -0.458 e. The van der Waals surface area contributed by atoms with Crippen molar-refractivity contribution in [3.05, 3.63) is 83.4 Å². The number of carbonyl (C=O) groups excluding carboxylic acids is 2. The molecule has 0 spiro atoms. The predicted molar refractivity (Wildman–Crippen MR) is 151 cm³/mol. The van der Waals surface area contributed by atoms with Crippen molar-refractivity contribution in [1.29, 1.82) is 0 Å². The van der Waals surface area contributed by atoms with E-state index in [4.69, 9.17) is 9.47 Å². The summed E-state index contributed by atoms with van der Waals surface area (Å²) in [6.45, 7) is 4.82. The van der Waals surface area contributed by atoms with E-state index in [0.29, 0.717) is 28.9 Å². The van der Waals surface area contributed by atoms with Gasteiger partial charge < -0.3 is 9.47 Å². The van der Waals surface area contributed by atoms with E-state index >= 15 is 0 Å². The molecule has 38 heavy (non-hydrogen) atoms. The molecule has 4 aliphatic rings. The molecule has 5 heteroatoms. The fourth-order valence-electron chi connectivity index (χ4n) is 8.38. The maximum absolute atomic E-state index is 12.9. The third kappa shape index (κ3) is 4.35. The minimum absolute atomic E-state index is 0.00173. The Morgan fingerprint density at radius 3 is 2.08 bits per heavy atom. The standard InChI is InChI=1S/C33H37BrO4/c1-32-17-15-24(37-30(35)21-9-5-3-6-10-21)19-23(32)20-27(34)29-25-13-14-28(33(25,2)18-16-26(29)32)38-31(36)22-11-7-4-8-12-22/h3-12,20,24-29H,13-19H2,1-2H3/t24-,25?,26?,27?,28-,29?,32-,33-/m0/s1. The Balaban J connectivity index is 1.18. The van der Waals surface area contributed by atoms with Crippen LogP contribution in [-0.2, 0) is 9.47 Å². The molecule has 0 bridgehead atoms. The number of allylic oxidation sites excluding steroid dienone is 1. The molecule has 200 valence electrons. The van der Waals surface area contributed by atoms with Crippen molar-refractivity contribution in [3.63, 3.8) is 0 Å². The van der Waals surface area contributed by atoms with E-state index in [9.17, 15) is 9.59 Å². The Kier molecular flexibility index (Phi) is 6.78. The van der Waals surface area contributed by atoms with E-state index in [1.807, 2.05) is 60.7 Å². The molecule has 0 heterocycles. The van der Waals surface area contributed by atoms with Crippen LogP contribution in [0.2, 0.25) is 0 Å². The molecule has 4 unspecified atom stereocenters. The normalized spacial score (nSPS) is 37.7. The molecule has 0 saturated heterocycles. The van der Waals surface area contributed by atoms with Gasteiger partial charge in [-0.1, -0.05) is 77.8 Å². The van der Waals surface area contributed by atoms with Gasteiger partial charge in [0.1, 0.15) is 12.2 Å². The minimum atomic E-state index is -0.223. The van der Waals surface area contributed by atoms with Crippen LogP contribution in [0.25, 0.3) is 0 Å². The maximum Gasteiger partial charge on any atom is 0.338 e. The van der Waals surface area contributed by atoms with Crippen LogP contribution in [0.5, 0.6) is 0 Å². The van der Waals surface area contributed by atoms with Crippen molar-refractivity contribution in [2.24, 2.45) is 28.6 Å². The van der Waals surface area contributed by atoms with Crippen molar-refractivity contribution in [1.82, 2.24) is 0 Å². The molecule has 2 aromatic carbocycles. The van der Waals surface area contributed by atoms with Crippen LogP contribution < -0.4 is 0 Å². The van der Waals surface area contributed by atoms with E-state index in [2.05, 4.69) is 35.9 Å². The highest BCUT2D eigenvalue weighted by Gasteiger charge is 2.61. The lowest BCUT2D eigenvalue weighted by atomic mass is 9.48. The summed E-state index contributed by atoms with van der Waals surface area (Å²) in [4.78, 5) is 25.9. The van der Waals surface area contributed by atoms with Gasteiger partial charge in [-0.2, -0.15) is 0 Å². The van der Waals surface area contributed by atoms with Crippen molar-refractivity contribution >= 4 is 27.9 Å². The molecule has 2 aromatic rings. The van der Waals surface area contributed by atoms with Gasteiger partial charge in [-0.3, -0.25) is 0 Å². The maximum atomic E-state index is 12.9. The van der Waals surface area contributed by atoms with Gasteiger partial charge in [-0.15, -0.1) is 0 Å². The molecular weight excluding hydrogens is 540 g/mol. The quantitative estimate of drug-likeness (QED) is 0.212. The molecule has 8 atom stereocenters. The van der Waals surface area contributed by atoms with E-state index in [0.717, 1.165) is 44.9 Å². The van der Waals surface area contributed by atoms with Crippen molar-refractivity contribution < 1.29 is 19.1 Å². The Hall–Kier alpha value is -2.40. The number of hydrogen-bond acceptors (Lipinski definition) is 4. The van der Waals surface area contributed by atoms with Crippen LogP contribution in [0.1, 0.15) is 79.5 Å². The summed E-state index contributed by atoms with van der Waals surface area (Å²) in [6, 6.07) is 18.7. The summed E-state index contributed by atoms with van der Waals surface area (Å²) in [5.41, 5.74) is 2.83. The van der Waals surface area contributed by atoms with Crippen molar-refractivity contribution in [2.75, 3.05) is 0 Å². The van der Waals surface area contributed by atoms with Gasteiger partial charge >= 0.3 is 11.9 Å². The Morgan fingerprint density at radius 1 is 0.789 bits per heavy atom. The smallest absolute Gasteiger partial charge is 0.338 e. The first kappa shape index (κ1) is 25.9. The first-order valence-electron chi connectivity index (χ1n) is 14.2. The fourth-order valence-corrected chi connectivity index (χ4v) is 9.44. The number of halogens is 1. The molecule has 4 aliphatic carbocycles. The second-order valence-electron chi connectivity index (χ2n) is 12.4. The topological polar surface area (TPSA) is 52.6 Å². The molecule has 0 radical (unpaired) electrons. The number of esters is 2. The first-order valence-corrected chi connectivity index (χ1v) is 15.1. The Bertz CT molecular complexity index is 1230. The Morgan fingerprint density at radius 2 is 1.42 bits per heavy atom. The van der Waals surface area contributed by atoms with Gasteiger partial charge in [-0.25, -0.2) is 9.59 Å². The number of ether oxygens (including phenoxy) is 2. The van der Waals surface area contributed by atoms with Crippen molar-refractivity contribution in [2.45, 2.75) is 75.8 Å². The molecule has 3 fully saturated rings. The number of benzene rings is 2. The second-order valence-corrected chi connectivity index (χ2v) is 13.4. The molecule has 0 aromatic heterocycles. The van der Waals surface area contributed by atoms with Crippen LogP contribution in [0.4, 0.5) is 0 Å². The predicted octanol–water partition coefficient (Wildman–Crippen LogP) is 7.77.